The van der Waals surface area contributed by atoms with Gasteiger partial charge in [-0.25, -0.2) is 4.68 Å². The Hall–Kier alpha value is -2.83. The monoisotopic (exact) mass is 313 g/mol. The predicted octanol–water partition coefficient (Wildman–Crippen LogP) is 0.807. The zero-order chi connectivity index (χ0) is 16.2. The molecule has 1 saturated heterocycles. The summed E-state index contributed by atoms with van der Waals surface area (Å²) in [5.41, 5.74) is 7.05. The summed E-state index contributed by atoms with van der Waals surface area (Å²) in [4.78, 5) is 25.9. The molecule has 2 aromatic rings. The van der Waals surface area contributed by atoms with Gasteiger partial charge in [-0.1, -0.05) is 18.2 Å². The average Bonchev–Trinajstić information content (AvgIpc) is 3.23. The smallest absolute Gasteiger partial charge is 0.257 e. The number of nitrogen functional groups attached to an aromatic ring is 1. The van der Waals surface area contributed by atoms with Gasteiger partial charge in [0.2, 0.25) is 5.91 Å². The number of benzene rings is 1. The van der Waals surface area contributed by atoms with Crippen molar-refractivity contribution in [1.29, 1.82) is 0 Å². The summed E-state index contributed by atoms with van der Waals surface area (Å²) in [6, 6.07) is 9.32. The van der Waals surface area contributed by atoms with E-state index in [1.807, 2.05) is 30.3 Å². The minimum Gasteiger partial charge on any atom is -0.383 e. The largest absolute Gasteiger partial charge is 0.383 e. The highest BCUT2D eigenvalue weighted by Crippen LogP contribution is 2.16. The first-order chi connectivity index (χ1) is 11.2. The van der Waals surface area contributed by atoms with Gasteiger partial charge in [0.25, 0.3) is 5.91 Å². The van der Waals surface area contributed by atoms with Crippen LogP contribution >= 0.6 is 0 Å². The van der Waals surface area contributed by atoms with Crippen molar-refractivity contribution in [3.8, 4) is 5.69 Å². The molecule has 23 heavy (non-hydrogen) atoms. The van der Waals surface area contributed by atoms with E-state index in [1.165, 1.54) is 10.9 Å². The van der Waals surface area contributed by atoms with Gasteiger partial charge < -0.3 is 16.0 Å². The number of carbonyl (C=O) groups is 2. The fraction of sp³-hybridized carbons (Fsp3) is 0.312. The Morgan fingerprint density at radius 1 is 1.17 bits per heavy atom. The standard InChI is InChI=1S/C16H19N5O2/c17-15-13(10-19-21(15)12-6-2-1-3-7-12)16(23)18-11-14(22)20-8-4-5-9-20/h1-3,6-7,10H,4-5,8-9,11,17H2,(H,18,23). The van der Waals surface area contributed by atoms with Gasteiger partial charge in [-0.2, -0.15) is 5.10 Å². The number of hydrogen-bond acceptors (Lipinski definition) is 4. The molecule has 0 atom stereocenters. The van der Waals surface area contributed by atoms with Gasteiger partial charge in [-0.05, 0) is 25.0 Å². The van der Waals surface area contributed by atoms with Gasteiger partial charge in [-0.3, -0.25) is 9.59 Å². The Balaban J connectivity index is 1.66. The number of nitrogens with zero attached hydrogens (tertiary/aromatic N) is 3. The van der Waals surface area contributed by atoms with Gasteiger partial charge in [0.05, 0.1) is 18.4 Å². The molecule has 1 aromatic heterocycles. The molecule has 0 bridgehead atoms. The summed E-state index contributed by atoms with van der Waals surface area (Å²) >= 11 is 0. The number of likely N-dealkylation sites (tertiary alicyclic amines) is 1. The Morgan fingerprint density at radius 2 is 1.87 bits per heavy atom. The lowest BCUT2D eigenvalue weighted by atomic mass is 10.3. The molecule has 2 amide bonds. The number of anilines is 1. The molecule has 1 aromatic carbocycles. The van der Waals surface area contributed by atoms with E-state index in [2.05, 4.69) is 10.4 Å². The highest BCUT2D eigenvalue weighted by atomic mass is 16.2. The zero-order valence-electron chi connectivity index (χ0n) is 12.7. The SMILES string of the molecule is Nc1c(C(=O)NCC(=O)N2CCCC2)cnn1-c1ccccc1. The van der Waals surface area contributed by atoms with Crippen LogP contribution in [0.2, 0.25) is 0 Å². The molecule has 3 N–H and O–H groups in total. The van der Waals surface area contributed by atoms with Crippen LogP contribution in [0.3, 0.4) is 0 Å². The molecule has 2 heterocycles. The number of amides is 2. The molecule has 3 rings (SSSR count). The molecule has 1 fully saturated rings. The van der Waals surface area contributed by atoms with Crippen LogP contribution < -0.4 is 11.1 Å². The van der Waals surface area contributed by atoms with E-state index in [0.717, 1.165) is 31.6 Å². The second-order valence-electron chi connectivity index (χ2n) is 5.46. The molecule has 120 valence electrons. The molecule has 1 aliphatic heterocycles. The molecule has 0 unspecified atom stereocenters. The second-order valence-corrected chi connectivity index (χ2v) is 5.46. The zero-order valence-corrected chi connectivity index (χ0v) is 12.7. The Kier molecular flexibility index (Phi) is 4.27. The summed E-state index contributed by atoms with van der Waals surface area (Å²) in [6.07, 6.45) is 3.46. The van der Waals surface area contributed by atoms with Crippen LogP contribution in [0.15, 0.2) is 36.5 Å². The summed E-state index contributed by atoms with van der Waals surface area (Å²) in [5.74, 6) is -0.204. The third kappa shape index (κ3) is 3.18. The topological polar surface area (TPSA) is 93.2 Å². The van der Waals surface area contributed by atoms with Gasteiger partial charge in [0, 0.05) is 13.1 Å². The number of carbonyl (C=O) groups excluding carboxylic acids is 2. The van der Waals surface area contributed by atoms with Gasteiger partial charge in [0.1, 0.15) is 11.4 Å². The molecular formula is C16H19N5O2. The van der Waals surface area contributed by atoms with Gasteiger partial charge in [0.15, 0.2) is 0 Å². The van der Waals surface area contributed by atoms with Crippen LogP contribution in [-0.2, 0) is 4.79 Å². The number of nitrogens with two attached hydrogens (primary N) is 1. The summed E-state index contributed by atoms with van der Waals surface area (Å²) in [6.45, 7) is 1.51. The molecule has 7 heteroatoms. The van der Waals surface area contributed by atoms with Crippen molar-refractivity contribution in [1.82, 2.24) is 20.0 Å². The van der Waals surface area contributed by atoms with Crippen molar-refractivity contribution in [2.45, 2.75) is 12.8 Å². The van der Waals surface area contributed by atoms with Crippen molar-refractivity contribution in [2.24, 2.45) is 0 Å². The lowest BCUT2D eigenvalue weighted by Crippen LogP contribution is -2.38. The molecular weight excluding hydrogens is 294 g/mol. The third-order valence-corrected chi connectivity index (χ3v) is 3.91. The number of nitrogens with one attached hydrogen (secondary N) is 1. The lowest BCUT2D eigenvalue weighted by molar-refractivity contribution is -0.129. The minimum absolute atomic E-state index is 0.0191. The first kappa shape index (κ1) is 15.1. The summed E-state index contributed by atoms with van der Waals surface area (Å²) in [7, 11) is 0. The van der Waals surface area contributed by atoms with E-state index >= 15 is 0 Å². The van der Waals surface area contributed by atoms with Crippen LogP contribution in [0.5, 0.6) is 0 Å². The number of para-hydroxylation sites is 1. The van der Waals surface area contributed by atoms with Gasteiger partial charge in [-0.15, -0.1) is 0 Å². The third-order valence-electron chi connectivity index (χ3n) is 3.91. The maximum Gasteiger partial charge on any atom is 0.257 e. The maximum atomic E-state index is 12.2. The summed E-state index contributed by atoms with van der Waals surface area (Å²) in [5, 5.41) is 6.76. The van der Waals surface area contributed by atoms with Crippen molar-refractivity contribution in [3.05, 3.63) is 42.1 Å². The number of hydrogen-bond donors (Lipinski definition) is 2. The van der Waals surface area contributed by atoms with Gasteiger partial charge >= 0.3 is 0 Å². The van der Waals surface area contributed by atoms with E-state index < -0.39 is 5.91 Å². The van der Waals surface area contributed by atoms with Crippen molar-refractivity contribution >= 4 is 17.6 Å². The molecule has 1 aliphatic rings. The molecule has 0 saturated carbocycles. The predicted molar refractivity (Wildman–Crippen MR) is 86.1 cm³/mol. The Morgan fingerprint density at radius 3 is 2.57 bits per heavy atom. The average molecular weight is 313 g/mol. The van der Waals surface area contributed by atoms with Crippen LogP contribution in [0.4, 0.5) is 5.82 Å². The molecule has 7 nitrogen and oxygen atoms in total. The summed E-state index contributed by atoms with van der Waals surface area (Å²) < 4.78 is 1.50. The number of aromatic nitrogens is 2. The van der Waals surface area contributed by atoms with Crippen LogP contribution in [-0.4, -0.2) is 46.1 Å². The first-order valence-corrected chi connectivity index (χ1v) is 7.61. The first-order valence-electron chi connectivity index (χ1n) is 7.61. The maximum absolute atomic E-state index is 12.2. The van der Waals surface area contributed by atoms with Crippen LogP contribution in [0, 0.1) is 0 Å². The molecule has 0 spiro atoms. The second kappa shape index (κ2) is 6.51. The van der Waals surface area contributed by atoms with E-state index in [-0.39, 0.29) is 23.8 Å². The number of rotatable bonds is 4. The van der Waals surface area contributed by atoms with Crippen LogP contribution in [0.25, 0.3) is 5.69 Å². The van der Waals surface area contributed by atoms with Crippen LogP contribution in [0.1, 0.15) is 23.2 Å². The normalized spacial score (nSPS) is 14.0. The Bertz CT molecular complexity index is 705. The van der Waals surface area contributed by atoms with E-state index in [4.69, 9.17) is 5.73 Å². The minimum atomic E-state index is -0.391. The van der Waals surface area contributed by atoms with Crippen molar-refractivity contribution < 1.29 is 9.59 Å². The fourth-order valence-electron chi connectivity index (χ4n) is 2.64. The Labute approximate surface area is 134 Å². The van der Waals surface area contributed by atoms with Crippen molar-refractivity contribution in [3.63, 3.8) is 0 Å². The van der Waals surface area contributed by atoms with E-state index in [9.17, 15) is 9.59 Å². The lowest BCUT2D eigenvalue weighted by Gasteiger charge is -2.15. The molecule has 0 radical (unpaired) electrons. The fourth-order valence-corrected chi connectivity index (χ4v) is 2.64. The highest BCUT2D eigenvalue weighted by Gasteiger charge is 2.20. The molecule has 0 aliphatic carbocycles. The van der Waals surface area contributed by atoms with E-state index in [1.54, 1.807) is 4.90 Å². The quantitative estimate of drug-likeness (QED) is 0.873. The van der Waals surface area contributed by atoms with Crippen molar-refractivity contribution in [2.75, 3.05) is 25.4 Å². The highest BCUT2D eigenvalue weighted by molar-refractivity contribution is 6.00. The van der Waals surface area contributed by atoms with E-state index in [0.29, 0.717) is 0 Å².